The molecule has 1 rings (SSSR count). The molecular weight excluding hydrogens is 182 g/mol. The highest BCUT2D eigenvalue weighted by Crippen LogP contribution is 2.14. The first-order chi connectivity index (χ1) is 6.72. The van der Waals surface area contributed by atoms with Gasteiger partial charge in [-0.1, -0.05) is 6.07 Å². The lowest BCUT2D eigenvalue weighted by Crippen LogP contribution is -2.32. The molecule has 0 unspecified atom stereocenters. The zero-order valence-corrected chi connectivity index (χ0v) is 7.66. The average Bonchev–Trinajstić information content (AvgIpc) is 2.15. The molecule has 0 aliphatic rings. The summed E-state index contributed by atoms with van der Waals surface area (Å²) in [5.74, 6) is 0.113. The van der Waals surface area contributed by atoms with Crippen molar-refractivity contribution in [1.29, 1.82) is 0 Å². The van der Waals surface area contributed by atoms with Crippen LogP contribution in [-0.4, -0.2) is 24.2 Å². The Hall–Kier alpha value is -1.75. The van der Waals surface area contributed by atoms with Gasteiger partial charge in [-0.15, -0.1) is 0 Å². The summed E-state index contributed by atoms with van der Waals surface area (Å²) in [5, 5.41) is 14.2. The van der Waals surface area contributed by atoms with Gasteiger partial charge in [0, 0.05) is 24.8 Å². The molecule has 2 amide bonds. The van der Waals surface area contributed by atoms with Crippen molar-refractivity contribution in [1.82, 2.24) is 5.32 Å². The predicted octanol–water partition coefficient (Wildman–Crippen LogP) is 0.472. The molecule has 0 aromatic heterocycles. The smallest absolute Gasteiger partial charge is 0.319 e. The van der Waals surface area contributed by atoms with Gasteiger partial charge in [0.15, 0.2) is 0 Å². The fourth-order valence-corrected chi connectivity index (χ4v) is 0.945. The summed E-state index contributed by atoms with van der Waals surface area (Å²) in [7, 11) is 0. The number of nitrogens with one attached hydrogen (secondary N) is 2. The minimum absolute atomic E-state index is 0.113. The van der Waals surface area contributed by atoms with E-state index in [1.165, 1.54) is 12.1 Å². The standard InChI is InChI=1S/C9H13N3O2/c10-4-5-11-9(14)12-7-2-1-3-8(13)6-7/h1-3,6,13H,4-5,10H2,(H2,11,12,14). The highest BCUT2D eigenvalue weighted by atomic mass is 16.3. The third kappa shape index (κ3) is 3.32. The number of carbonyl (C=O) groups excluding carboxylic acids is 1. The molecule has 14 heavy (non-hydrogen) atoms. The van der Waals surface area contributed by atoms with Crippen molar-refractivity contribution in [3.8, 4) is 5.75 Å². The highest BCUT2D eigenvalue weighted by molar-refractivity contribution is 5.89. The van der Waals surface area contributed by atoms with Gasteiger partial charge < -0.3 is 21.5 Å². The van der Waals surface area contributed by atoms with Gasteiger partial charge in [-0.2, -0.15) is 0 Å². The molecule has 0 fully saturated rings. The van der Waals surface area contributed by atoms with Crippen LogP contribution in [-0.2, 0) is 0 Å². The first-order valence-corrected chi connectivity index (χ1v) is 4.26. The third-order valence-electron chi connectivity index (χ3n) is 1.53. The first kappa shape index (κ1) is 10.3. The van der Waals surface area contributed by atoms with E-state index < -0.39 is 0 Å². The molecule has 0 saturated heterocycles. The van der Waals surface area contributed by atoms with Crippen LogP contribution in [0, 0.1) is 0 Å². The van der Waals surface area contributed by atoms with Gasteiger partial charge in [0.25, 0.3) is 0 Å². The molecule has 0 spiro atoms. The first-order valence-electron chi connectivity index (χ1n) is 4.26. The number of carbonyl (C=O) groups is 1. The van der Waals surface area contributed by atoms with Crippen molar-refractivity contribution in [2.45, 2.75) is 0 Å². The lowest BCUT2D eigenvalue weighted by Gasteiger charge is -2.06. The van der Waals surface area contributed by atoms with Crippen molar-refractivity contribution in [2.24, 2.45) is 5.73 Å². The monoisotopic (exact) mass is 195 g/mol. The molecule has 0 saturated carbocycles. The second-order valence-electron chi connectivity index (χ2n) is 2.72. The van der Waals surface area contributed by atoms with E-state index in [0.29, 0.717) is 18.8 Å². The number of hydrogen-bond acceptors (Lipinski definition) is 3. The Morgan fingerprint density at radius 3 is 2.93 bits per heavy atom. The molecule has 0 atom stereocenters. The minimum Gasteiger partial charge on any atom is -0.508 e. The highest BCUT2D eigenvalue weighted by Gasteiger charge is 1.99. The summed E-state index contributed by atoms with van der Waals surface area (Å²) in [6, 6.07) is 5.99. The summed E-state index contributed by atoms with van der Waals surface area (Å²) in [5.41, 5.74) is 5.75. The maximum absolute atomic E-state index is 11.1. The summed E-state index contributed by atoms with van der Waals surface area (Å²) < 4.78 is 0. The van der Waals surface area contributed by atoms with E-state index in [2.05, 4.69) is 10.6 Å². The normalized spacial score (nSPS) is 9.50. The van der Waals surface area contributed by atoms with E-state index in [1.807, 2.05) is 0 Å². The SMILES string of the molecule is NCCNC(=O)Nc1cccc(O)c1. The largest absolute Gasteiger partial charge is 0.508 e. The number of aromatic hydroxyl groups is 1. The molecule has 0 aliphatic carbocycles. The molecule has 5 heteroatoms. The van der Waals surface area contributed by atoms with Crippen LogP contribution in [0.15, 0.2) is 24.3 Å². The molecule has 76 valence electrons. The Kier molecular flexibility index (Phi) is 3.75. The number of phenols is 1. The second kappa shape index (κ2) is 5.08. The number of urea groups is 1. The Bertz CT molecular complexity index is 315. The summed E-state index contributed by atoms with van der Waals surface area (Å²) in [4.78, 5) is 11.1. The van der Waals surface area contributed by atoms with Crippen LogP contribution in [0.1, 0.15) is 0 Å². The number of nitrogens with two attached hydrogens (primary N) is 1. The zero-order chi connectivity index (χ0) is 10.4. The third-order valence-corrected chi connectivity index (χ3v) is 1.53. The Labute approximate surface area is 81.9 Å². The maximum atomic E-state index is 11.1. The minimum atomic E-state index is -0.332. The molecular formula is C9H13N3O2. The van der Waals surface area contributed by atoms with Gasteiger partial charge in [0.1, 0.15) is 5.75 Å². The number of hydrogen-bond donors (Lipinski definition) is 4. The topological polar surface area (TPSA) is 87.4 Å². The van der Waals surface area contributed by atoms with Crippen LogP contribution in [0.3, 0.4) is 0 Å². The maximum Gasteiger partial charge on any atom is 0.319 e. The van der Waals surface area contributed by atoms with E-state index >= 15 is 0 Å². The lowest BCUT2D eigenvalue weighted by atomic mass is 10.3. The number of phenolic OH excluding ortho intramolecular Hbond substituents is 1. The molecule has 0 bridgehead atoms. The van der Waals surface area contributed by atoms with Crippen LogP contribution < -0.4 is 16.4 Å². The number of anilines is 1. The van der Waals surface area contributed by atoms with Gasteiger partial charge in [-0.05, 0) is 12.1 Å². The Morgan fingerprint density at radius 2 is 2.29 bits per heavy atom. The quantitative estimate of drug-likeness (QED) is 0.565. The van der Waals surface area contributed by atoms with Crippen LogP contribution in [0.5, 0.6) is 5.75 Å². The molecule has 0 heterocycles. The fourth-order valence-electron chi connectivity index (χ4n) is 0.945. The molecule has 0 radical (unpaired) electrons. The lowest BCUT2D eigenvalue weighted by molar-refractivity contribution is 0.252. The molecule has 5 nitrogen and oxygen atoms in total. The zero-order valence-electron chi connectivity index (χ0n) is 7.66. The van der Waals surface area contributed by atoms with Crippen molar-refractivity contribution < 1.29 is 9.90 Å². The van der Waals surface area contributed by atoms with E-state index in [1.54, 1.807) is 12.1 Å². The van der Waals surface area contributed by atoms with Gasteiger partial charge >= 0.3 is 6.03 Å². The average molecular weight is 195 g/mol. The van der Waals surface area contributed by atoms with Crippen molar-refractivity contribution in [3.63, 3.8) is 0 Å². The van der Waals surface area contributed by atoms with Crippen molar-refractivity contribution in [2.75, 3.05) is 18.4 Å². The fraction of sp³-hybridized carbons (Fsp3) is 0.222. The van der Waals surface area contributed by atoms with Crippen LogP contribution in [0.4, 0.5) is 10.5 Å². The molecule has 0 aliphatic heterocycles. The van der Waals surface area contributed by atoms with Crippen LogP contribution in [0.25, 0.3) is 0 Å². The molecule has 5 N–H and O–H groups in total. The summed E-state index contributed by atoms with van der Waals surface area (Å²) in [6.07, 6.45) is 0. The van der Waals surface area contributed by atoms with Gasteiger partial charge in [0.2, 0.25) is 0 Å². The number of benzene rings is 1. The van der Waals surface area contributed by atoms with Gasteiger partial charge in [-0.3, -0.25) is 0 Å². The van der Waals surface area contributed by atoms with Gasteiger partial charge in [-0.25, -0.2) is 4.79 Å². The summed E-state index contributed by atoms with van der Waals surface area (Å²) >= 11 is 0. The van der Waals surface area contributed by atoms with E-state index in [4.69, 9.17) is 10.8 Å². The number of rotatable bonds is 3. The van der Waals surface area contributed by atoms with E-state index in [-0.39, 0.29) is 11.8 Å². The van der Waals surface area contributed by atoms with Gasteiger partial charge in [0.05, 0.1) is 0 Å². The molecule has 1 aromatic carbocycles. The van der Waals surface area contributed by atoms with Crippen LogP contribution in [0.2, 0.25) is 0 Å². The van der Waals surface area contributed by atoms with Crippen LogP contribution >= 0.6 is 0 Å². The number of amides is 2. The Morgan fingerprint density at radius 1 is 1.50 bits per heavy atom. The van der Waals surface area contributed by atoms with Crippen molar-refractivity contribution in [3.05, 3.63) is 24.3 Å². The summed E-state index contributed by atoms with van der Waals surface area (Å²) in [6.45, 7) is 0.818. The predicted molar refractivity (Wildman–Crippen MR) is 54.2 cm³/mol. The molecule has 1 aromatic rings. The van der Waals surface area contributed by atoms with E-state index in [0.717, 1.165) is 0 Å². The Balaban J connectivity index is 2.47. The second-order valence-corrected chi connectivity index (χ2v) is 2.72. The van der Waals surface area contributed by atoms with E-state index in [9.17, 15) is 4.79 Å². The van der Waals surface area contributed by atoms with Crippen molar-refractivity contribution >= 4 is 11.7 Å².